The van der Waals surface area contributed by atoms with Crippen molar-refractivity contribution in [1.82, 2.24) is 0 Å². The summed E-state index contributed by atoms with van der Waals surface area (Å²) >= 11 is 0. The lowest BCUT2D eigenvalue weighted by Gasteiger charge is -2.13. The van der Waals surface area contributed by atoms with Gasteiger partial charge in [-0.25, -0.2) is 8.42 Å². The number of para-hydroxylation sites is 3. The van der Waals surface area contributed by atoms with Gasteiger partial charge in [0.25, 0.3) is 0 Å². The van der Waals surface area contributed by atoms with Crippen molar-refractivity contribution in [3.05, 3.63) is 78.9 Å². The molecule has 134 valence electrons. The molecule has 3 aromatic rings. The molecular formula is C20H20N2O3S. The highest BCUT2D eigenvalue weighted by Gasteiger charge is 2.08. The third kappa shape index (κ3) is 4.77. The molecule has 3 rings (SSSR count). The summed E-state index contributed by atoms with van der Waals surface area (Å²) in [6.07, 6.45) is 0. The molecular weight excluding hydrogens is 348 g/mol. The summed E-state index contributed by atoms with van der Waals surface area (Å²) in [4.78, 5) is 0. The second-order valence-electron chi connectivity index (χ2n) is 5.62. The van der Waals surface area contributed by atoms with Crippen LogP contribution in [0.15, 0.2) is 78.9 Å². The second-order valence-corrected chi connectivity index (χ2v) is 7.63. The van der Waals surface area contributed by atoms with Gasteiger partial charge < -0.3 is 10.1 Å². The van der Waals surface area contributed by atoms with Crippen LogP contribution >= 0.6 is 0 Å². The number of sulfonamides is 1. The van der Waals surface area contributed by atoms with E-state index < -0.39 is 10.0 Å². The molecule has 0 saturated carbocycles. The SMILES string of the molecule is CCS(=O)(=O)Nc1ccc(Nc2ccccc2Oc2ccccc2)cc1. The monoisotopic (exact) mass is 368 g/mol. The summed E-state index contributed by atoms with van der Waals surface area (Å²) < 4.78 is 31.7. The molecule has 0 bridgehead atoms. The normalized spacial score (nSPS) is 11.0. The van der Waals surface area contributed by atoms with Crippen LogP contribution in [-0.4, -0.2) is 14.2 Å². The quantitative estimate of drug-likeness (QED) is 0.617. The van der Waals surface area contributed by atoms with E-state index in [0.717, 1.165) is 17.1 Å². The number of rotatable bonds is 7. The van der Waals surface area contributed by atoms with Crippen LogP contribution in [0.2, 0.25) is 0 Å². The highest BCUT2D eigenvalue weighted by Crippen LogP contribution is 2.31. The van der Waals surface area contributed by atoms with Crippen molar-refractivity contribution in [3.63, 3.8) is 0 Å². The topological polar surface area (TPSA) is 67.4 Å². The smallest absolute Gasteiger partial charge is 0.232 e. The maximum atomic E-state index is 11.6. The molecule has 0 aliphatic heterocycles. The van der Waals surface area contributed by atoms with E-state index in [4.69, 9.17) is 4.74 Å². The summed E-state index contributed by atoms with van der Waals surface area (Å²) in [5, 5.41) is 3.29. The van der Waals surface area contributed by atoms with Crippen molar-refractivity contribution >= 4 is 27.1 Å². The number of benzene rings is 3. The van der Waals surface area contributed by atoms with Crippen LogP contribution in [0.25, 0.3) is 0 Å². The van der Waals surface area contributed by atoms with Crippen molar-refractivity contribution in [2.45, 2.75) is 6.92 Å². The van der Waals surface area contributed by atoms with E-state index in [1.807, 2.05) is 66.7 Å². The molecule has 0 amide bonds. The van der Waals surface area contributed by atoms with Gasteiger partial charge in [-0.05, 0) is 55.5 Å². The van der Waals surface area contributed by atoms with Gasteiger partial charge in [-0.1, -0.05) is 30.3 Å². The van der Waals surface area contributed by atoms with Crippen molar-refractivity contribution in [2.75, 3.05) is 15.8 Å². The predicted octanol–water partition coefficient (Wildman–Crippen LogP) is 4.98. The standard InChI is InChI=1S/C20H20N2O3S/c1-2-26(23,24)22-17-14-12-16(13-15-17)21-19-10-6-7-11-20(19)25-18-8-4-3-5-9-18/h3-15,21-22H,2H2,1H3. The van der Waals surface area contributed by atoms with Gasteiger partial charge in [0.05, 0.1) is 11.4 Å². The first kappa shape index (κ1) is 17.8. The van der Waals surface area contributed by atoms with Gasteiger partial charge in [-0.3, -0.25) is 4.72 Å². The molecule has 0 aliphatic rings. The van der Waals surface area contributed by atoms with Crippen molar-refractivity contribution in [1.29, 1.82) is 0 Å². The van der Waals surface area contributed by atoms with Crippen molar-refractivity contribution in [2.24, 2.45) is 0 Å². The second kappa shape index (κ2) is 7.93. The largest absolute Gasteiger partial charge is 0.455 e. The lowest BCUT2D eigenvalue weighted by atomic mass is 10.2. The van der Waals surface area contributed by atoms with Gasteiger partial charge in [0.1, 0.15) is 5.75 Å². The first-order valence-electron chi connectivity index (χ1n) is 8.25. The molecule has 0 aromatic heterocycles. The molecule has 0 spiro atoms. The third-order valence-electron chi connectivity index (χ3n) is 3.68. The first-order chi connectivity index (χ1) is 12.6. The Hall–Kier alpha value is -2.99. The van der Waals surface area contributed by atoms with Gasteiger partial charge in [0.2, 0.25) is 10.0 Å². The molecule has 0 heterocycles. The Labute approximate surface area is 153 Å². The minimum Gasteiger partial charge on any atom is -0.455 e. The number of hydrogen-bond donors (Lipinski definition) is 2. The number of anilines is 3. The summed E-state index contributed by atoms with van der Waals surface area (Å²) in [5.41, 5.74) is 2.18. The Balaban J connectivity index is 1.75. The summed E-state index contributed by atoms with van der Waals surface area (Å²) in [7, 11) is -3.28. The number of hydrogen-bond acceptors (Lipinski definition) is 4. The average Bonchev–Trinajstić information content (AvgIpc) is 2.66. The van der Waals surface area contributed by atoms with Crippen LogP contribution in [0.1, 0.15) is 6.92 Å². The maximum absolute atomic E-state index is 11.6. The molecule has 2 N–H and O–H groups in total. The van der Waals surface area contributed by atoms with E-state index in [1.54, 1.807) is 19.1 Å². The number of ether oxygens (including phenoxy) is 1. The van der Waals surface area contributed by atoms with Gasteiger partial charge in [-0.15, -0.1) is 0 Å². The van der Waals surface area contributed by atoms with Crippen LogP contribution in [0.5, 0.6) is 11.5 Å². The third-order valence-corrected chi connectivity index (χ3v) is 4.98. The highest BCUT2D eigenvalue weighted by molar-refractivity contribution is 7.92. The van der Waals surface area contributed by atoms with Gasteiger partial charge >= 0.3 is 0 Å². The zero-order chi connectivity index (χ0) is 18.4. The van der Waals surface area contributed by atoms with Gasteiger partial charge in [0, 0.05) is 11.4 Å². The Morgan fingerprint density at radius 2 is 1.42 bits per heavy atom. The zero-order valence-electron chi connectivity index (χ0n) is 14.3. The van der Waals surface area contributed by atoms with Crippen LogP contribution in [0, 0.1) is 0 Å². The zero-order valence-corrected chi connectivity index (χ0v) is 15.2. The van der Waals surface area contributed by atoms with Crippen molar-refractivity contribution in [3.8, 4) is 11.5 Å². The minimum absolute atomic E-state index is 0.0389. The minimum atomic E-state index is -3.28. The maximum Gasteiger partial charge on any atom is 0.232 e. The number of nitrogens with one attached hydrogen (secondary N) is 2. The predicted molar refractivity (Wildman–Crippen MR) is 106 cm³/mol. The van der Waals surface area contributed by atoms with E-state index in [9.17, 15) is 8.42 Å². The van der Waals surface area contributed by atoms with E-state index in [2.05, 4.69) is 10.0 Å². The van der Waals surface area contributed by atoms with Crippen LogP contribution in [0.3, 0.4) is 0 Å². The summed E-state index contributed by atoms with van der Waals surface area (Å²) in [6.45, 7) is 1.60. The Kier molecular flexibility index (Phi) is 5.43. The first-order valence-corrected chi connectivity index (χ1v) is 9.90. The van der Waals surface area contributed by atoms with Crippen molar-refractivity contribution < 1.29 is 13.2 Å². The summed E-state index contributed by atoms with van der Waals surface area (Å²) in [6, 6.07) is 24.3. The van der Waals surface area contributed by atoms with E-state index in [0.29, 0.717) is 11.4 Å². The highest BCUT2D eigenvalue weighted by atomic mass is 32.2. The Morgan fingerprint density at radius 3 is 2.12 bits per heavy atom. The van der Waals surface area contributed by atoms with Crippen LogP contribution < -0.4 is 14.8 Å². The van der Waals surface area contributed by atoms with Crippen LogP contribution in [0.4, 0.5) is 17.1 Å². The fraction of sp³-hybridized carbons (Fsp3) is 0.100. The average molecular weight is 368 g/mol. The molecule has 0 atom stereocenters. The van der Waals surface area contributed by atoms with E-state index in [-0.39, 0.29) is 5.75 Å². The lowest BCUT2D eigenvalue weighted by molar-refractivity contribution is 0.485. The fourth-order valence-electron chi connectivity index (χ4n) is 2.30. The molecule has 3 aromatic carbocycles. The molecule has 6 heteroatoms. The summed E-state index contributed by atoms with van der Waals surface area (Å²) in [5.74, 6) is 1.50. The molecule has 0 radical (unpaired) electrons. The fourth-order valence-corrected chi connectivity index (χ4v) is 2.94. The lowest BCUT2D eigenvalue weighted by Crippen LogP contribution is -2.14. The Bertz CT molecular complexity index is 956. The molecule has 26 heavy (non-hydrogen) atoms. The Morgan fingerprint density at radius 1 is 0.808 bits per heavy atom. The molecule has 5 nitrogen and oxygen atoms in total. The molecule has 0 fully saturated rings. The van der Waals surface area contributed by atoms with E-state index >= 15 is 0 Å². The molecule has 0 unspecified atom stereocenters. The van der Waals surface area contributed by atoms with Crippen LogP contribution in [-0.2, 0) is 10.0 Å². The van der Waals surface area contributed by atoms with E-state index in [1.165, 1.54) is 0 Å². The molecule has 0 aliphatic carbocycles. The molecule has 0 saturated heterocycles. The van der Waals surface area contributed by atoms with Gasteiger partial charge in [0.15, 0.2) is 5.75 Å². The van der Waals surface area contributed by atoms with Gasteiger partial charge in [-0.2, -0.15) is 0 Å².